The summed E-state index contributed by atoms with van der Waals surface area (Å²) in [6, 6.07) is 13.2. The highest BCUT2D eigenvalue weighted by atomic mass is 35.5. The lowest BCUT2D eigenvalue weighted by molar-refractivity contribution is -0.133. The van der Waals surface area contributed by atoms with E-state index in [9.17, 15) is 9.59 Å². The quantitative estimate of drug-likeness (QED) is 0.808. The summed E-state index contributed by atoms with van der Waals surface area (Å²) in [5.41, 5.74) is 3.00. The SMILES string of the molecule is COc1ccc(Cl)cc1NC(=O)CN(C)CC(=O)N1CCc2ccccc2C1. The second-order valence-corrected chi connectivity index (χ2v) is 7.34. The van der Waals surface area contributed by atoms with Gasteiger partial charge in [-0.15, -0.1) is 0 Å². The lowest BCUT2D eigenvalue weighted by Crippen LogP contribution is -2.43. The second kappa shape index (κ2) is 9.08. The molecule has 1 aliphatic rings. The first-order chi connectivity index (χ1) is 13.5. The number of carbonyl (C=O) groups is 2. The minimum atomic E-state index is -0.236. The van der Waals surface area contributed by atoms with Crippen molar-refractivity contribution in [3.05, 3.63) is 58.6 Å². The van der Waals surface area contributed by atoms with Crippen LogP contribution in [0.4, 0.5) is 5.69 Å². The number of rotatable bonds is 6. The van der Waals surface area contributed by atoms with Gasteiger partial charge in [0.25, 0.3) is 0 Å². The number of hydrogen-bond acceptors (Lipinski definition) is 4. The van der Waals surface area contributed by atoms with Crippen LogP contribution in [0.15, 0.2) is 42.5 Å². The van der Waals surface area contributed by atoms with E-state index < -0.39 is 0 Å². The maximum Gasteiger partial charge on any atom is 0.238 e. The molecule has 0 aromatic heterocycles. The molecule has 1 aliphatic heterocycles. The molecule has 2 amide bonds. The van der Waals surface area contributed by atoms with Crippen LogP contribution in [0.25, 0.3) is 0 Å². The van der Waals surface area contributed by atoms with E-state index in [0.29, 0.717) is 29.5 Å². The smallest absolute Gasteiger partial charge is 0.238 e. The van der Waals surface area contributed by atoms with Gasteiger partial charge in [-0.1, -0.05) is 35.9 Å². The number of halogens is 1. The molecule has 3 rings (SSSR count). The third-order valence-electron chi connectivity index (χ3n) is 4.74. The molecule has 7 heteroatoms. The third kappa shape index (κ3) is 5.03. The average Bonchev–Trinajstić information content (AvgIpc) is 2.67. The standard InChI is InChI=1S/C21H24ClN3O3/c1-24(13-20(26)23-18-11-17(22)7-8-19(18)28-2)14-21(27)25-10-9-15-5-3-4-6-16(15)12-25/h3-8,11H,9-10,12-14H2,1-2H3,(H,23,26). The highest BCUT2D eigenvalue weighted by Gasteiger charge is 2.22. The number of amides is 2. The Bertz CT molecular complexity index is 872. The molecule has 28 heavy (non-hydrogen) atoms. The van der Waals surface area contributed by atoms with Crippen molar-refractivity contribution >= 4 is 29.1 Å². The Morgan fingerprint density at radius 2 is 1.93 bits per heavy atom. The van der Waals surface area contributed by atoms with Gasteiger partial charge in [-0.05, 0) is 42.8 Å². The lowest BCUT2D eigenvalue weighted by atomic mass is 10.00. The van der Waals surface area contributed by atoms with Crippen LogP contribution in [-0.2, 0) is 22.6 Å². The topological polar surface area (TPSA) is 61.9 Å². The molecular weight excluding hydrogens is 378 g/mol. The summed E-state index contributed by atoms with van der Waals surface area (Å²) in [5, 5.41) is 3.29. The Morgan fingerprint density at radius 3 is 2.68 bits per heavy atom. The minimum absolute atomic E-state index is 0.0186. The number of nitrogens with one attached hydrogen (secondary N) is 1. The van der Waals surface area contributed by atoms with Gasteiger partial charge in [0, 0.05) is 18.1 Å². The average molecular weight is 402 g/mol. The van der Waals surface area contributed by atoms with Crippen molar-refractivity contribution in [3.8, 4) is 5.75 Å². The Hall–Kier alpha value is -2.57. The first-order valence-electron chi connectivity index (χ1n) is 9.12. The van der Waals surface area contributed by atoms with E-state index in [2.05, 4.69) is 17.4 Å². The first kappa shape index (κ1) is 20.2. The molecule has 0 saturated carbocycles. The normalized spacial score (nSPS) is 13.2. The molecule has 0 spiro atoms. The molecule has 6 nitrogen and oxygen atoms in total. The molecule has 0 fully saturated rings. The summed E-state index contributed by atoms with van der Waals surface area (Å²) >= 11 is 5.99. The highest BCUT2D eigenvalue weighted by Crippen LogP contribution is 2.27. The van der Waals surface area contributed by atoms with Gasteiger partial charge in [-0.25, -0.2) is 0 Å². The van der Waals surface area contributed by atoms with E-state index in [4.69, 9.17) is 16.3 Å². The van der Waals surface area contributed by atoms with Crippen molar-refractivity contribution in [2.75, 3.05) is 39.1 Å². The lowest BCUT2D eigenvalue weighted by Gasteiger charge is -2.30. The number of anilines is 1. The summed E-state index contributed by atoms with van der Waals surface area (Å²) in [4.78, 5) is 28.5. The van der Waals surface area contributed by atoms with Gasteiger partial charge in [0.1, 0.15) is 5.75 Å². The Morgan fingerprint density at radius 1 is 1.18 bits per heavy atom. The van der Waals surface area contributed by atoms with E-state index in [0.717, 1.165) is 6.42 Å². The third-order valence-corrected chi connectivity index (χ3v) is 4.97. The number of likely N-dealkylation sites (N-methyl/N-ethyl adjacent to an activating group) is 1. The summed E-state index contributed by atoms with van der Waals surface area (Å²) < 4.78 is 5.23. The van der Waals surface area contributed by atoms with Gasteiger partial charge in [-0.2, -0.15) is 0 Å². The van der Waals surface area contributed by atoms with Gasteiger partial charge in [0.05, 0.1) is 25.9 Å². The van der Waals surface area contributed by atoms with Crippen molar-refractivity contribution in [1.82, 2.24) is 9.80 Å². The molecule has 0 unspecified atom stereocenters. The molecule has 0 aliphatic carbocycles. The summed E-state index contributed by atoms with van der Waals surface area (Å²) in [5.74, 6) is 0.313. The zero-order valence-electron chi connectivity index (χ0n) is 16.1. The maximum absolute atomic E-state index is 12.6. The largest absolute Gasteiger partial charge is 0.495 e. The number of methoxy groups -OCH3 is 1. The number of benzene rings is 2. The van der Waals surface area contributed by atoms with Crippen LogP contribution >= 0.6 is 11.6 Å². The molecule has 1 N–H and O–H groups in total. The van der Waals surface area contributed by atoms with Crippen molar-refractivity contribution in [2.45, 2.75) is 13.0 Å². The van der Waals surface area contributed by atoms with Gasteiger partial charge < -0.3 is 15.0 Å². The Labute approximate surface area is 170 Å². The zero-order valence-corrected chi connectivity index (χ0v) is 16.8. The summed E-state index contributed by atoms with van der Waals surface area (Å²) in [6.45, 7) is 1.60. The molecular formula is C21H24ClN3O3. The fraction of sp³-hybridized carbons (Fsp3) is 0.333. The molecule has 0 bridgehead atoms. The Kier molecular flexibility index (Phi) is 6.54. The van der Waals surface area contributed by atoms with Crippen LogP contribution in [0.2, 0.25) is 5.02 Å². The van der Waals surface area contributed by atoms with E-state index in [1.54, 1.807) is 30.1 Å². The van der Waals surface area contributed by atoms with E-state index >= 15 is 0 Å². The number of ether oxygens (including phenoxy) is 1. The van der Waals surface area contributed by atoms with Crippen LogP contribution in [0.3, 0.4) is 0 Å². The summed E-state index contributed by atoms with van der Waals surface area (Å²) in [7, 11) is 3.28. The Balaban J connectivity index is 1.52. The van der Waals surface area contributed by atoms with Crippen LogP contribution in [-0.4, -0.2) is 55.4 Å². The first-order valence-corrected chi connectivity index (χ1v) is 9.50. The van der Waals surface area contributed by atoms with Gasteiger partial charge >= 0.3 is 0 Å². The maximum atomic E-state index is 12.6. The highest BCUT2D eigenvalue weighted by molar-refractivity contribution is 6.31. The van der Waals surface area contributed by atoms with Crippen LogP contribution < -0.4 is 10.1 Å². The number of nitrogens with zero attached hydrogens (tertiary/aromatic N) is 2. The van der Waals surface area contributed by atoms with Crippen molar-refractivity contribution < 1.29 is 14.3 Å². The number of hydrogen-bond donors (Lipinski definition) is 1. The van der Waals surface area contributed by atoms with Crippen molar-refractivity contribution in [1.29, 1.82) is 0 Å². The fourth-order valence-electron chi connectivity index (χ4n) is 3.31. The zero-order chi connectivity index (χ0) is 20.1. The fourth-order valence-corrected chi connectivity index (χ4v) is 3.48. The molecule has 148 valence electrons. The van der Waals surface area contributed by atoms with Crippen LogP contribution in [0.1, 0.15) is 11.1 Å². The van der Waals surface area contributed by atoms with Crippen molar-refractivity contribution in [2.24, 2.45) is 0 Å². The van der Waals surface area contributed by atoms with Gasteiger partial charge in [0.2, 0.25) is 11.8 Å². The summed E-state index contributed by atoms with van der Waals surface area (Å²) in [6.07, 6.45) is 0.862. The molecule has 0 atom stereocenters. The molecule has 2 aromatic carbocycles. The van der Waals surface area contributed by atoms with Crippen LogP contribution in [0.5, 0.6) is 5.75 Å². The molecule has 2 aromatic rings. The number of carbonyl (C=O) groups excluding carboxylic acids is 2. The van der Waals surface area contributed by atoms with E-state index in [1.165, 1.54) is 18.2 Å². The molecule has 0 saturated heterocycles. The predicted molar refractivity (Wildman–Crippen MR) is 110 cm³/mol. The second-order valence-electron chi connectivity index (χ2n) is 6.90. The predicted octanol–water partition coefficient (Wildman–Crippen LogP) is 2.80. The van der Waals surface area contributed by atoms with Crippen molar-refractivity contribution in [3.63, 3.8) is 0 Å². The molecule has 0 radical (unpaired) electrons. The van der Waals surface area contributed by atoms with Gasteiger partial charge in [-0.3, -0.25) is 14.5 Å². The number of fused-ring (bicyclic) bond motifs is 1. The molecule has 1 heterocycles. The minimum Gasteiger partial charge on any atom is -0.495 e. The van der Waals surface area contributed by atoms with Crippen LogP contribution in [0, 0.1) is 0 Å². The van der Waals surface area contributed by atoms with Gasteiger partial charge in [0.15, 0.2) is 0 Å². The van der Waals surface area contributed by atoms with E-state index in [1.807, 2.05) is 17.0 Å². The monoisotopic (exact) mass is 401 g/mol. The van der Waals surface area contributed by atoms with E-state index in [-0.39, 0.29) is 24.9 Å².